The lowest BCUT2D eigenvalue weighted by atomic mass is 10.3. The van der Waals surface area contributed by atoms with E-state index >= 15 is 0 Å². The zero-order chi connectivity index (χ0) is 10.3. The minimum absolute atomic E-state index is 0.245. The molecule has 3 heterocycles. The van der Waals surface area contributed by atoms with Gasteiger partial charge >= 0.3 is 0 Å². The fourth-order valence-corrected chi connectivity index (χ4v) is 1.95. The van der Waals surface area contributed by atoms with Crippen LogP contribution in [0.15, 0.2) is 18.7 Å². The number of nitrogens with zero attached hydrogens (tertiary/aromatic N) is 5. The van der Waals surface area contributed by atoms with Crippen LogP contribution in [0.4, 0.5) is 5.82 Å². The van der Waals surface area contributed by atoms with Crippen molar-refractivity contribution in [1.29, 1.82) is 0 Å². The maximum atomic E-state index is 5.87. The van der Waals surface area contributed by atoms with Crippen molar-refractivity contribution in [1.82, 2.24) is 19.6 Å². The summed E-state index contributed by atoms with van der Waals surface area (Å²) in [4.78, 5) is 6.50. The number of rotatable bonds is 1. The van der Waals surface area contributed by atoms with Gasteiger partial charge < -0.3 is 10.6 Å². The first-order chi connectivity index (χ1) is 7.34. The Bertz CT molecular complexity index is 478. The lowest BCUT2D eigenvalue weighted by Crippen LogP contribution is -2.27. The van der Waals surface area contributed by atoms with Crippen molar-refractivity contribution in [2.24, 2.45) is 5.73 Å². The number of aromatic nitrogens is 4. The highest BCUT2D eigenvalue weighted by atomic mass is 15.3. The summed E-state index contributed by atoms with van der Waals surface area (Å²) in [6.07, 6.45) is 6.29. The highest BCUT2D eigenvalue weighted by molar-refractivity contribution is 5.63. The highest BCUT2D eigenvalue weighted by Crippen LogP contribution is 2.20. The summed E-state index contributed by atoms with van der Waals surface area (Å²) in [7, 11) is 0. The number of fused-ring (bicyclic) bond motifs is 1. The van der Waals surface area contributed by atoms with Gasteiger partial charge in [-0.1, -0.05) is 0 Å². The molecule has 78 valence electrons. The molecule has 1 aliphatic heterocycles. The molecule has 1 unspecified atom stereocenters. The van der Waals surface area contributed by atoms with Crippen molar-refractivity contribution in [3.05, 3.63) is 18.7 Å². The minimum Gasteiger partial charge on any atom is -0.352 e. The van der Waals surface area contributed by atoms with E-state index in [0.717, 1.165) is 31.0 Å². The van der Waals surface area contributed by atoms with Gasteiger partial charge in [-0.15, -0.1) is 10.2 Å². The van der Waals surface area contributed by atoms with Gasteiger partial charge in [0, 0.05) is 31.5 Å². The molecule has 15 heavy (non-hydrogen) atoms. The molecule has 1 atom stereocenters. The van der Waals surface area contributed by atoms with Crippen molar-refractivity contribution >= 4 is 11.5 Å². The van der Waals surface area contributed by atoms with Gasteiger partial charge in [0.05, 0.1) is 0 Å². The Hall–Kier alpha value is -1.69. The Balaban J connectivity index is 2.06. The summed E-state index contributed by atoms with van der Waals surface area (Å²) in [6.45, 7) is 1.79. The van der Waals surface area contributed by atoms with E-state index in [1.807, 2.05) is 10.6 Å². The number of anilines is 1. The van der Waals surface area contributed by atoms with Gasteiger partial charge in [0.25, 0.3) is 0 Å². The second-order valence-electron chi connectivity index (χ2n) is 3.81. The van der Waals surface area contributed by atoms with E-state index in [0.29, 0.717) is 0 Å². The molecule has 1 saturated heterocycles. The summed E-state index contributed by atoms with van der Waals surface area (Å²) in [5.41, 5.74) is 6.67. The summed E-state index contributed by atoms with van der Waals surface area (Å²) in [5, 5.41) is 7.92. The number of hydrogen-bond donors (Lipinski definition) is 1. The fourth-order valence-electron chi connectivity index (χ4n) is 1.95. The van der Waals surface area contributed by atoms with Crippen molar-refractivity contribution in [2.45, 2.75) is 12.5 Å². The monoisotopic (exact) mass is 204 g/mol. The van der Waals surface area contributed by atoms with E-state index in [1.165, 1.54) is 0 Å². The Labute approximate surface area is 86.7 Å². The molecule has 1 aliphatic rings. The third-order valence-electron chi connectivity index (χ3n) is 2.72. The zero-order valence-electron chi connectivity index (χ0n) is 8.24. The molecule has 2 aromatic rings. The molecule has 0 bridgehead atoms. The molecule has 0 radical (unpaired) electrons. The SMILES string of the molecule is NC1CCN(c2nccn3cnnc23)C1. The highest BCUT2D eigenvalue weighted by Gasteiger charge is 2.22. The van der Waals surface area contributed by atoms with Crippen LogP contribution in [0.1, 0.15) is 6.42 Å². The van der Waals surface area contributed by atoms with Crippen LogP contribution in [0.2, 0.25) is 0 Å². The quantitative estimate of drug-likeness (QED) is 0.688. The number of nitrogens with two attached hydrogens (primary N) is 1. The Morgan fingerprint density at radius 3 is 3.20 bits per heavy atom. The molecule has 0 saturated carbocycles. The summed E-state index contributed by atoms with van der Waals surface area (Å²) >= 11 is 0. The van der Waals surface area contributed by atoms with Crippen molar-refractivity contribution in [2.75, 3.05) is 18.0 Å². The van der Waals surface area contributed by atoms with Crippen LogP contribution in [0, 0.1) is 0 Å². The van der Waals surface area contributed by atoms with Gasteiger partial charge in [0.1, 0.15) is 6.33 Å². The second-order valence-corrected chi connectivity index (χ2v) is 3.81. The van der Waals surface area contributed by atoms with Crippen LogP contribution in [-0.4, -0.2) is 38.7 Å². The van der Waals surface area contributed by atoms with E-state index in [4.69, 9.17) is 5.73 Å². The predicted octanol–water partition coefficient (Wildman–Crippen LogP) is -0.338. The molecule has 3 rings (SSSR count). The van der Waals surface area contributed by atoms with Crippen LogP contribution in [0.5, 0.6) is 0 Å². The smallest absolute Gasteiger partial charge is 0.203 e. The maximum absolute atomic E-state index is 5.87. The Kier molecular flexibility index (Phi) is 1.81. The summed E-state index contributed by atoms with van der Waals surface area (Å²) < 4.78 is 1.87. The average molecular weight is 204 g/mol. The normalized spacial score (nSPS) is 21.4. The Morgan fingerprint density at radius 1 is 1.47 bits per heavy atom. The van der Waals surface area contributed by atoms with Crippen molar-refractivity contribution in [3.8, 4) is 0 Å². The maximum Gasteiger partial charge on any atom is 0.203 e. The topological polar surface area (TPSA) is 72.3 Å². The first-order valence-corrected chi connectivity index (χ1v) is 4.99. The molecule has 1 fully saturated rings. The van der Waals surface area contributed by atoms with E-state index in [9.17, 15) is 0 Å². The molecule has 2 aromatic heterocycles. The van der Waals surface area contributed by atoms with Crippen LogP contribution in [0.3, 0.4) is 0 Å². The van der Waals surface area contributed by atoms with Gasteiger partial charge in [-0.05, 0) is 6.42 Å². The zero-order valence-corrected chi connectivity index (χ0v) is 8.24. The van der Waals surface area contributed by atoms with E-state index in [2.05, 4.69) is 20.1 Å². The van der Waals surface area contributed by atoms with Gasteiger partial charge in [0.2, 0.25) is 5.65 Å². The molecule has 0 aliphatic carbocycles. The first-order valence-electron chi connectivity index (χ1n) is 4.99. The van der Waals surface area contributed by atoms with Gasteiger partial charge in [-0.3, -0.25) is 4.40 Å². The van der Waals surface area contributed by atoms with E-state index < -0.39 is 0 Å². The Morgan fingerprint density at radius 2 is 2.40 bits per heavy atom. The number of hydrogen-bond acceptors (Lipinski definition) is 5. The second kappa shape index (κ2) is 3.16. The van der Waals surface area contributed by atoms with Crippen LogP contribution in [-0.2, 0) is 0 Å². The van der Waals surface area contributed by atoms with Crippen LogP contribution in [0.25, 0.3) is 5.65 Å². The average Bonchev–Trinajstić information content (AvgIpc) is 2.84. The van der Waals surface area contributed by atoms with Crippen molar-refractivity contribution < 1.29 is 0 Å². The lowest BCUT2D eigenvalue weighted by Gasteiger charge is -2.16. The molecule has 2 N–H and O–H groups in total. The summed E-state index contributed by atoms with van der Waals surface area (Å²) in [5.74, 6) is 0.878. The van der Waals surface area contributed by atoms with Gasteiger partial charge in [-0.2, -0.15) is 0 Å². The third kappa shape index (κ3) is 1.33. The fraction of sp³-hybridized carbons (Fsp3) is 0.444. The standard InChI is InChI=1S/C9H12N6/c10-7-1-3-14(5-7)8-9-13-12-6-15(9)4-2-11-8/h2,4,6-7H,1,3,5,10H2. The minimum atomic E-state index is 0.245. The van der Waals surface area contributed by atoms with Crippen LogP contribution >= 0.6 is 0 Å². The lowest BCUT2D eigenvalue weighted by molar-refractivity contribution is 0.751. The summed E-state index contributed by atoms with van der Waals surface area (Å²) in [6, 6.07) is 0.245. The molecule has 0 amide bonds. The molecule has 0 aromatic carbocycles. The van der Waals surface area contributed by atoms with Crippen molar-refractivity contribution in [3.63, 3.8) is 0 Å². The molecular weight excluding hydrogens is 192 g/mol. The molecule has 0 spiro atoms. The molecular formula is C9H12N6. The van der Waals surface area contributed by atoms with Gasteiger partial charge in [-0.25, -0.2) is 4.98 Å². The van der Waals surface area contributed by atoms with E-state index in [-0.39, 0.29) is 6.04 Å². The molecule has 6 nitrogen and oxygen atoms in total. The molecule has 6 heteroatoms. The first kappa shape index (κ1) is 8.60. The third-order valence-corrected chi connectivity index (χ3v) is 2.72. The van der Waals surface area contributed by atoms with Gasteiger partial charge in [0.15, 0.2) is 5.82 Å². The largest absolute Gasteiger partial charge is 0.352 e. The van der Waals surface area contributed by atoms with E-state index in [1.54, 1.807) is 12.5 Å². The predicted molar refractivity (Wildman–Crippen MR) is 55.6 cm³/mol. The van der Waals surface area contributed by atoms with Crippen LogP contribution < -0.4 is 10.6 Å².